The largest absolute Gasteiger partial charge is 0.448 e. The summed E-state index contributed by atoms with van der Waals surface area (Å²) in [6.45, 7) is 3.97. The van der Waals surface area contributed by atoms with E-state index in [1.807, 2.05) is 50.2 Å². The molecule has 5 aromatic rings. The lowest BCUT2D eigenvalue weighted by Crippen LogP contribution is -2.22. The molecule has 1 N–H and O–H groups in total. The molecule has 0 bridgehead atoms. The molecule has 1 amide bonds. The van der Waals surface area contributed by atoms with Crippen molar-refractivity contribution in [3.8, 4) is 5.69 Å². The van der Waals surface area contributed by atoms with Crippen molar-refractivity contribution in [2.24, 2.45) is 0 Å². The van der Waals surface area contributed by atoms with Gasteiger partial charge in [0.1, 0.15) is 16.9 Å². The predicted octanol–water partition coefficient (Wildman–Crippen LogP) is 5.62. The van der Waals surface area contributed by atoms with Gasteiger partial charge in [-0.25, -0.2) is 9.37 Å². The van der Waals surface area contributed by atoms with Crippen LogP contribution >= 0.6 is 11.8 Å². The summed E-state index contributed by atoms with van der Waals surface area (Å²) < 4.78 is 20.5. The molecule has 0 atom stereocenters. The summed E-state index contributed by atoms with van der Waals surface area (Å²) in [5.41, 5.74) is 4.12. The fraction of sp³-hybridized carbons (Fsp3) is 0.115. The van der Waals surface area contributed by atoms with Gasteiger partial charge >= 0.3 is 5.56 Å². The number of thioether (sulfide) groups is 1. The second kappa shape index (κ2) is 8.79. The number of aromatic nitrogens is 2. The molecule has 0 saturated heterocycles. The van der Waals surface area contributed by atoms with E-state index in [1.165, 1.54) is 28.8 Å². The van der Waals surface area contributed by atoms with Crippen LogP contribution < -0.4 is 10.9 Å². The molecule has 170 valence electrons. The Morgan fingerprint density at radius 2 is 1.82 bits per heavy atom. The lowest BCUT2D eigenvalue weighted by Gasteiger charge is -2.13. The van der Waals surface area contributed by atoms with E-state index in [2.05, 4.69) is 5.32 Å². The summed E-state index contributed by atoms with van der Waals surface area (Å²) in [7, 11) is 0. The topological polar surface area (TPSA) is 77.1 Å². The molecular formula is C26H20FN3O3S. The first-order chi connectivity index (χ1) is 16.4. The van der Waals surface area contributed by atoms with Gasteiger partial charge in [-0.15, -0.1) is 0 Å². The monoisotopic (exact) mass is 473 g/mol. The Bertz CT molecular complexity index is 1610. The molecule has 5 rings (SSSR count). The third kappa shape index (κ3) is 4.08. The van der Waals surface area contributed by atoms with Crippen LogP contribution in [0.15, 0.2) is 81.1 Å². The highest BCUT2D eigenvalue weighted by Gasteiger charge is 2.20. The standard InChI is InChI=1S/C26H20FN3O3S/c1-15-7-12-19(13-16(15)2)30-25(32)24-23(20-5-3-4-6-21(20)33-24)29-26(30)34-14-22(31)28-18-10-8-17(27)9-11-18/h3-13H,14H2,1-2H3,(H,28,31). The van der Waals surface area contributed by atoms with Gasteiger partial charge in [0.05, 0.1) is 11.4 Å². The van der Waals surface area contributed by atoms with Crippen molar-refractivity contribution >= 4 is 45.4 Å². The number of amides is 1. The second-order valence-electron chi connectivity index (χ2n) is 7.92. The average molecular weight is 474 g/mol. The molecule has 2 aromatic heterocycles. The number of furan rings is 1. The van der Waals surface area contributed by atoms with E-state index in [1.54, 1.807) is 6.07 Å². The highest BCUT2D eigenvalue weighted by atomic mass is 32.2. The lowest BCUT2D eigenvalue weighted by atomic mass is 10.1. The molecule has 0 aliphatic carbocycles. The van der Waals surface area contributed by atoms with Crippen molar-refractivity contribution in [3.63, 3.8) is 0 Å². The van der Waals surface area contributed by atoms with Gasteiger partial charge in [-0.05, 0) is 73.5 Å². The first kappa shape index (κ1) is 21.9. The first-order valence-electron chi connectivity index (χ1n) is 10.6. The number of aryl methyl sites for hydroxylation is 2. The Morgan fingerprint density at radius 1 is 1.06 bits per heavy atom. The summed E-state index contributed by atoms with van der Waals surface area (Å²) in [6, 6.07) is 18.6. The number of carbonyl (C=O) groups excluding carboxylic acids is 1. The van der Waals surface area contributed by atoms with E-state index < -0.39 is 0 Å². The minimum Gasteiger partial charge on any atom is -0.448 e. The van der Waals surface area contributed by atoms with Gasteiger partial charge < -0.3 is 9.73 Å². The molecule has 2 heterocycles. The predicted molar refractivity (Wildman–Crippen MR) is 132 cm³/mol. The molecule has 34 heavy (non-hydrogen) atoms. The number of anilines is 1. The van der Waals surface area contributed by atoms with Crippen molar-refractivity contribution in [1.29, 1.82) is 0 Å². The number of hydrogen-bond acceptors (Lipinski definition) is 5. The molecule has 3 aromatic carbocycles. The normalized spacial score (nSPS) is 11.3. The minimum absolute atomic E-state index is 0.00987. The van der Waals surface area contributed by atoms with Crippen LogP contribution in [0.3, 0.4) is 0 Å². The third-order valence-corrected chi connectivity index (χ3v) is 6.51. The number of benzene rings is 3. The van der Waals surface area contributed by atoms with E-state index in [9.17, 15) is 14.0 Å². The zero-order chi connectivity index (χ0) is 23.8. The maximum Gasteiger partial charge on any atom is 0.302 e. The highest BCUT2D eigenvalue weighted by Crippen LogP contribution is 2.29. The number of rotatable bonds is 5. The van der Waals surface area contributed by atoms with Crippen molar-refractivity contribution in [1.82, 2.24) is 9.55 Å². The third-order valence-electron chi connectivity index (χ3n) is 5.57. The van der Waals surface area contributed by atoms with Gasteiger partial charge in [0.2, 0.25) is 11.5 Å². The fourth-order valence-electron chi connectivity index (χ4n) is 3.67. The van der Waals surface area contributed by atoms with E-state index in [-0.39, 0.29) is 28.6 Å². The molecule has 0 fully saturated rings. The number of hydrogen-bond donors (Lipinski definition) is 1. The quantitative estimate of drug-likeness (QED) is 0.265. The molecule has 0 aliphatic rings. The molecule has 0 aliphatic heterocycles. The van der Waals surface area contributed by atoms with Crippen LogP contribution in [0.2, 0.25) is 0 Å². The Kier molecular flexibility index (Phi) is 5.67. The highest BCUT2D eigenvalue weighted by molar-refractivity contribution is 7.99. The van der Waals surface area contributed by atoms with Gasteiger partial charge in [-0.1, -0.05) is 30.0 Å². The minimum atomic E-state index is -0.380. The number of para-hydroxylation sites is 1. The van der Waals surface area contributed by atoms with Crippen LogP contribution in [-0.2, 0) is 4.79 Å². The Morgan fingerprint density at radius 3 is 2.59 bits per heavy atom. The van der Waals surface area contributed by atoms with Crippen LogP contribution in [0.25, 0.3) is 27.8 Å². The van der Waals surface area contributed by atoms with Gasteiger partial charge in [-0.3, -0.25) is 14.2 Å². The molecule has 6 nitrogen and oxygen atoms in total. The maximum atomic E-state index is 13.6. The Labute approximate surface area is 198 Å². The SMILES string of the molecule is Cc1ccc(-n2c(SCC(=O)Nc3ccc(F)cc3)nc3c(oc4ccccc43)c2=O)cc1C. The van der Waals surface area contributed by atoms with Gasteiger partial charge in [0.25, 0.3) is 0 Å². The Balaban J connectivity index is 1.57. The molecular weight excluding hydrogens is 453 g/mol. The van der Waals surface area contributed by atoms with E-state index in [4.69, 9.17) is 9.40 Å². The number of fused-ring (bicyclic) bond motifs is 3. The van der Waals surface area contributed by atoms with Gasteiger partial charge in [0.15, 0.2) is 5.16 Å². The summed E-state index contributed by atoms with van der Waals surface area (Å²) in [5, 5.41) is 3.84. The van der Waals surface area contributed by atoms with Gasteiger partial charge in [0, 0.05) is 11.1 Å². The van der Waals surface area contributed by atoms with Crippen LogP contribution in [0, 0.1) is 19.7 Å². The zero-order valence-corrected chi connectivity index (χ0v) is 19.3. The number of nitrogens with one attached hydrogen (secondary N) is 1. The maximum absolute atomic E-state index is 13.6. The van der Waals surface area contributed by atoms with Crippen molar-refractivity contribution in [2.45, 2.75) is 19.0 Å². The number of nitrogens with zero attached hydrogens (tertiary/aromatic N) is 2. The molecule has 0 unspecified atom stereocenters. The molecule has 0 radical (unpaired) electrons. The molecule has 0 spiro atoms. The summed E-state index contributed by atoms with van der Waals surface area (Å²) >= 11 is 1.15. The smallest absolute Gasteiger partial charge is 0.302 e. The van der Waals surface area contributed by atoms with Crippen molar-refractivity contribution in [3.05, 3.63) is 94.0 Å². The van der Waals surface area contributed by atoms with E-state index in [0.29, 0.717) is 27.6 Å². The molecule has 0 saturated carbocycles. The number of carbonyl (C=O) groups is 1. The Hall–Kier alpha value is -3.91. The second-order valence-corrected chi connectivity index (χ2v) is 8.87. The fourth-order valence-corrected chi connectivity index (χ4v) is 4.48. The van der Waals surface area contributed by atoms with Crippen LogP contribution in [0.4, 0.5) is 10.1 Å². The number of halogens is 1. The summed E-state index contributed by atoms with van der Waals surface area (Å²) in [5.74, 6) is -0.667. The van der Waals surface area contributed by atoms with E-state index >= 15 is 0 Å². The first-order valence-corrected chi connectivity index (χ1v) is 11.6. The van der Waals surface area contributed by atoms with Crippen LogP contribution in [-0.4, -0.2) is 21.2 Å². The molecule has 8 heteroatoms. The lowest BCUT2D eigenvalue weighted by molar-refractivity contribution is -0.113. The average Bonchev–Trinajstić information content (AvgIpc) is 3.20. The van der Waals surface area contributed by atoms with Gasteiger partial charge in [-0.2, -0.15) is 0 Å². The summed E-state index contributed by atoms with van der Waals surface area (Å²) in [6.07, 6.45) is 0. The van der Waals surface area contributed by atoms with Crippen molar-refractivity contribution in [2.75, 3.05) is 11.1 Å². The van der Waals surface area contributed by atoms with E-state index in [0.717, 1.165) is 28.3 Å². The summed E-state index contributed by atoms with van der Waals surface area (Å²) in [4.78, 5) is 30.9. The zero-order valence-electron chi connectivity index (χ0n) is 18.5. The van der Waals surface area contributed by atoms with Crippen LogP contribution in [0.1, 0.15) is 11.1 Å². The van der Waals surface area contributed by atoms with Crippen LogP contribution in [0.5, 0.6) is 0 Å². The van der Waals surface area contributed by atoms with Crippen molar-refractivity contribution < 1.29 is 13.6 Å².